The van der Waals surface area contributed by atoms with Crippen LogP contribution in [0.3, 0.4) is 0 Å². The highest BCUT2D eigenvalue weighted by Gasteiger charge is 2.16. The van der Waals surface area contributed by atoms with Crippen molar-refractivity contribution in [1.29, 1.82) is 0 Å². The minimum atomic E-state index is -0.365. The number of methoxy groups -OCH3 is 1. The third-order valence-corrected chi connectivity index (χ3v) is 4.90. The van der Waals surface area contributed by atoms with Crippen LogP contribution in [0.5, 0.6) is 5.75 Å². The summed E-state index contributed by atoms with van der Waals surface area (Å²) in [6.45, 7) is 3.46. The van der Waals surface area contributed by atoms with E-state index in [4.69, 9.17) is 4.74 Å². The second kappa shape index (κ2) is 8.26. The number of aryl methyl sites for hydroxylation is 1. The molecule has 0 aliphatic rings. The molecular weight excluding hydrogens is 424 g/mol. The van der Waals surface area contributed by atoms with Crippen molar-refractivity contribution in [3.63, 3.8) is 0 Å². The van der Waals surface area contributed by atoms with Gasteiger partial charge in [-0.2, -0.15) is 5.10 Å². The number of carbonyl (C=O) groups excluding carboxylic acids is 1. The Kier molecular flexibility index (Phi) is 5.79. The lowest BCUT2D eigenvalue weighted by atomic mass is 10.2. The molecule has 0 atom stereocenters. The molecule has 8 heteroatoms. The van der Waals surface area contributed by atoms with Gasteiger partial charge < -0.3 is 4.74 Å². The van der Waals surface area contributed by atoms with Gasteiger partial charge in [-0.15, -0.1) is 0 Å². The van der Waals surface area contributed by atoms with Crippen LogP contribution in [-0.4, -0.2) is 28.5 Å². The van der Waals surface area contributed by atoms with Crippen molar-refractivity contribution in [2.24, 2.45) is 5.10 Å². The zero-order valence-electron chi connectivity index (χ0n) is 15.6. The second-order valence-electron chi connectivity index (χ2n) is 6.07. The molecule has 3 rings (SSSR count). The Bertz CT molecular complexity index is 1100. The summed E-state index contributed by atoms with van der Waals surface area (Å²) in [7, 11) is 1.58. The van der Waals surface area contributed by atoms with Crippen LogP contribution in [-0.2, 0) is 0 Å². The van der Waals surface area contributed by atoms with Gasteiger partial charge in [0.05, 0.1) is 29.6 Å². The monoisotopic (exact) mass is 442 g/mol. The summed E-state index contributed by atoms with van der Waals surface area (Å²) in [5, 5.41) is 7.15. The lowest BCUT2D eigenvalue weighted by Crippen LogP contribution is -2.23. The molecule has 1 aromatic heterocycles. The SMILES string of the molecule is COc1ccc(-n2[nH]c(C)c(/C(C)=N/NC(=O)c3ccccc3Br)c2=O)cc1. The highest BCUT2D eigenvalue weighted by molar-refractivity contribution is 9.10. The van der Waals surface area contributed by atoms with E-state index in [0.717, 1.165) is 0 Å². The molecule has 1 amide bonds. The first kappa shape index (κ1) is 19.6. The third-order valence-electron chi connectivity index (χ3n) is 4.21. The maximum atomic E-state index is 12.9. The summed E-state index contributed by atoms with van der Waals surface area (Å²) < 4.78 is 7.24. The average Bonchev–Trinajstić information content (AvgIpc) is 3.00. The molecule has 144 valence electrons. The van der Waals surface area contributed by atoms with Gasteiger partial charge in [-0.05, 0) is 66.2 Å². The molecule has 0 saturated carbocycles. The summed E-state index contributed by atoms with van der Waals surface area (Å²) in [4.78, 5) is 25.2. The molecule has 2 aromatic carbocycles. The van der Waals surface area contributed by atoms with Gasteiger partial charge in [0.25, 0.3) is 11.5 Å². The predicted molar refractivity (Wildman–Crippen MR) is 111 cm³/mol. The van der Waals surface area contributed by atoms with Gasteiger partial charge >= 0.3 is 0 Å². The van der Waals surface area contributed by atoms with E-state index < -0.39 is 0 Å². The smallest absolute Gasteiger partial charge is 0.280 e. The summed E-state index contributed by atoms with van der Waals surface area (Å²) in [6.07, 6.45) is 0. The first-order chi connectivity index (χ1) is 13.4. The van der Waals surface area contributed by atoms with Crippen molar-refractivity contribution in [3.05, 3.63) is 80.2 Å². The normalized spacial score (nSPS) is 11.4. The van der Waals surface area contributed by atoms with Crippen molar-refractivity contribution in [3.8, 4) is 11.4 Å². The van der Waals surface area contributed by atoms with E-state index in [1.165, 1.54) is 4.68 Å². The fourth-order valence-electron chi connectivity index (χ4n) is 2.78. The number of ether oxygens (including phenoxy) is 1. The Labute approximate surface area is 170 Å². The molecule has 2 N–H and O–H groups in total. The molecule has 3 aromatic rings. The Morgan fingerprint density at radius 3 is 2.50 bits per heavy atom. The quantitative estimate of drug-likeness (QED) is 0.468. The second-order valence-corrected chi connectivity index (χ2v) is 6.92. The first-order valence-electron chi connectivity index (χ1n) is 8.48. The lowest BCUT2D eigenvalue weighted by molar-refractivity contribution is 0.0954. The molecule has 7 nitrogen and oxygen atoms in total. The number of aromatic nitrogens is 2. The number of nitrogens with one attached hydrogen (secondary N) is 2. The van der Waals surface area contributed by atoms with Crippen molar-refractivity contribution in [1.82, 2.24) is 15.2 Å². The van der Waals surface area contributed by atoms with Gasteiger partial charge in [0.1, 0.15) is 5.75 Å². The summed E-state index contributed by atoms with van der Waals surface area (Å²) in [5.74, 6) is 0.336. The first-order valence-corrected chi connectivity index (χ1v) is 9.27. The molecule has 28 heavy (non-hydrogen) atoms. The lowest BCUT2D eigenvalue weighted by Gasteiger charge is -2.04. The highest BCUT2D eigenvalue weighted by atomic mass is 79.9. The van der Waals surface area contributed by atoms with Crippen LogP contribution in [0.4, 0.5) is 0 Å². The number of carbonyl (C=O) groups is 1. The minimum absolute atomic E-state index is 0.251. The molecule has 0 radical (unpaired) electrons. The zero-order chi connectivity index (χ0) is 20.3. The fourth-order valence-corrected chi connectivity index (χ4v) is 3.25. The van der Waals surface area contributed by atoms with E-state index in [1.54, 1.807) is 63.4 Å². The van der Waals surface area contributed by atoms with Crippen LogP contribution in [0.1, 0.15) is 28.5 Å². The Morgan fingerprint density at radius 1 is 1.18 bits per heavy atom. The fraction of sp³-hybridized carbons (Fsp3) is 0.150. The largest absolute Gasteiger partial charge is 0.497 e. The molecule has 0 bridgehead atoms. The zero-order valence-corrected chi connectivity index (χ0v) is 17.2. The number of hydrogen-bond acceptors (Lipinski definition) is 4. The number of H-pyrrole nitrogens is 1. The number of hydrogen-bond donors (Lipinski definition) is 2. The summed E-state index contributed by atoms with van der Waals surface area (Å²) in [5.41, 5.74) is 4.84. The van der Waals surface area contributed by atoms with E-state index in [9.17, 15) is 9.59 Å². The van der Waals surface area contributed by atoms with Crippen LogP contribution >= 0.6 is 15.9 Å². The minimum Gasteiger partial charge on any atom is -0.497 e. The molecular formula is C20H19BrN4O3. The van der Waals surface area contributed by atoms with E-state index in [2.05, 4.69) is 31.6 Å². The van der Waals surface area contributed by atoms with Gasteiger partial charge in [-0.25, -0.2) is 10.1 Å². The van der Waals surface area contributed by atoms with Crippen molar-refractivity contribution in [2.45, 2.75) is 13.8 Å². The van der Waals surface area contributed by atoms with Crippen molar-refractivity contribution >= 4 is 27.5 Å². The number of halogens is 1. The predicted octanol–water partition coefficient (Wildman–Crippen LogP) is 3.40. The van der Waals surface area contributed by atoms with E-state index in [1.807, 2.05) is 6.07 Å². The standard InChI is InChI=1S/C20H19BrN4O3/c1-12(22-23-19(26)16-6-4-5-7-17(16)21)18-13(2)24-25(20(18)27)14-8-10-15(28-3)11-9-14/h4-11,24H,1-3H3,(H,23,26)/b22-12+. The molecule has 0 unspecified atom stereocenters. The Morgan fingerprint density at radius 2 is 1.86 bits per heavy atom. The topological polar surface area (TPSA) is 88.5 Å². The van der Waals surface area contributed by atoms with Crippen LogP contribution in [0.25, 0.3) is 5.69 Å². The van der Waals surface area contributed by atoms with E-state index in [0.29, 0.717) is 38.4 Å². The third kappa shape index (κ3) is 3.91. The molecule has 0 aliphatic carbocycles. The Hall–Kier alpha value is -3.13. The van der Waals surface area contributed by atoms with Gasteiger partial charge in [-0.1, -0.05) is 12.1 Å². The van der Waals surface area contributed by atoms with Gasteiger partial charge in [0.2, 0.25) is 0 Å². The molecule has 0 aliphatic heterocycles. The van der Waals surface area contributed by atoms with E-state index >= 15 is 0 Å². The van der Waals surface area contributed by atoms with Crippen molar-refractivity contribution < 1.29 is 9.53 Å². The highest BCUT2D eigenvalue weighted by Crippen LogP contribution is 2.16. The van der Waals surface area contributed by atoms with Crippen LogP contribution in [0.2, 0.25) is 0 Å². The van der Waals surface area contributed by atoms with Crippen LogP contribution in [0.15, 0.2) is 62.9 Å². The number of aromatic amines is 1. The average molecular weight is 443 g/mol. The molecule has 0 fully saturated rings. The number of benzene rings is 2. The molecule has 0 spiro atoms. The Balaban J connectivity index is 1.87. The van der Waals surface area contributed by atoms with Crippen molar-refractivity contribution in [2.75, 3.05) is 7.11 Å². The molecule has 1 heterocycles. The van der Waals surface area contributed by atoms with Crippen LogP contribution in [0, 0.1) is 6.92 Å². The molecule has 0 saturated heterocycles. The van der Waals surface area contributed by atoms with Gasteiger partial charge in [0, 0.05) is 10.2 Å². The maximum absolute atomic E-state index is 12.9. The maximum Gasteiger partial charge on any atom is 0.280 e. The van der Waals surface area contributed by atoms with Gasteiger partial charge in [-0.3, -0.25) is 14.7 Å². The van der Waals surface area contributed by atoms with E-state index in [-0.39, 0.29) is 11.5 Å². The van der Waals surface area contributed by atoms with Crippen LogP contribution < -0.4 is 15.7 Å². The number of amides is 1. The number of hydrazone groups is 1. The van der Waals surface area contributed by atoms with Gasteiger partial charge in [0.15, 0.2) is 0 Å². The summed E-state index contributed by atoms with van der Waals surface area (Å²) >= 11 is 3.33. The number of nitrogens with zero attached hydrogens (tertiary/aromatic N) is 2. The summed E-state index contributed by atoms with van der Waals surface area (Å²) in [6, 6.07) is 14.1. The number of rotatable bonds is 5.